The molecule has 5 heteroatoms. The molecule has 0 aromatic carbocycles. The van der Waals surface area contributed by atoms with Gasteiger partial charge in [-0.3, -0.25) is 9.59 Å². The van der Waals surface area contributed by atoms with E-state index in [4.69, 9.17) is 0 Å². The summed E-state index contributed by atoms with van der Waals surface area (Å²) in [6.07, 6.45) is 0.855. The number of rotatable bonds is 4. The van der Waals surface area contributed by atoms with E-state index >= 15 is 0 Å². The number of carbonyl (C=O) groups is 2. The van der Waals surface area contributed by atoms with Crippen LogP contribution in [0.15, 0.2) is 0 Å². The molecular formula is C11H20N2O3. The predicted octanol–water partition coefficient (Wildman–Crippen LogP) is -0.258. The van der Waals surface area contributed by atoms with Gasteiger partial charge in [0.15, 0.2) is 0 Å². The minimum Gasteiger partial charge on any atom is -0.388 e. The zero-order chi connectivity index (χ0) is 12.3. The van der Waals surface area contributed by atoms with E-state index in [1.165, 1.54) is 0 Å². The van der Waals surface area contributed by atoms with Gasteiger partial charge in [-0.2, -0.15) is 0 Å². The van der Waals surface area contributed by atoms with Crippen LogP contribution in [0.5, 0.6) is 0 Å². The molecule has 0 spiro atoms. The third-order valence-corrected chi connectivity index (χ3v) is 3.12. The fourth-order valence-corrected chi connectivity index (χ4v) is 1.59. The number of amides is 2. The number of aliphatic hydroxyl groups is 1. The molecule has 2 atom stereocenters. The van der Waals surface area contributed by atoms with E-state index in [1.54, 1.807) is 18.9 Å². The molecule has 16 heavy (non-hydrogen) atoms. The van der Waals surface area contributed by atoms with Gasteiger partial charge in [0.25, 0.3) is 0 Å². The fourth-order valence-electron chi connectivity index (χ4n) is 1.59. The number of carbonyl (C=O) groups excluding carboxylic acids is 2. The Hall–Kier alpha value is -1.10. The second-order valence-corrected chi connectivity index (χ2v) is 4.74. The molecule has 5 nitrogen and oxygen atoms in total. The second kappa shape index (κ2) is 4.82. The van der Waals surface area contributed by atoms with Gasteiger partial charge < -0.3 is 15.3 Å². The van der Waals surface area contributed by atoms with Crippen molar-refractivity contribution in [2.45, 2.75) is 32.3 Å². The quantitative estimate of drug-likeness (QED) is 0.696. The van der Waals surface area contributed by atoms with E-state index in [-0.39, 0.29) is 30.7 Å². The first-order chi connectivity index (χ1) is 7.35. The van der Waals surface area contributed by atoms with Gasteiger partial charge >= 0.3 is 0 Å². The van der Waals surface area contributed by atoms with Crippen LogP contribution in [-0.2, 0) is 9.59 Å². The second-order valence-electron chi connectivity index (χ2n) is 4.74. The van der Waals surface area contributed by atoms with E-state index in [0.29, 0.717) is 13.0 Å². The van der Waals surface area contributed by atoms with Crippen molar-refractivity contribution in [3.63, 3.8) is 0 Å². The molecule has 1 heterocycles. The number of nitrogens with zero attached hydrogens (tertiary/aromatic N) is 1. The van der Waals surface area contributed by atoms with Gasteiger partial charge in [0, 0.05) is 26.6 Å². The van der Waals surface area contributed by atoms with Crippen molar-refractivity contribution in [3.8, 4) is 0 Å². The van der Waals surface area contributed by atoms with Gasteiger partial charge in [-0.05, 0) is 13.3 Å². The first-order valence-corrected chi connectivity index (χ1v) is 5.60. The molecule has 1 rings (SSSR count). The van der Waals surface area contributed by atoms with E-state index in [0.717, 1.165) is 0 Å². The summed E-state index contributed by atoms with van der Waals surface area (Å²) in [6.45, 7) is 4.24. The van der Waals surface area contributed by atoms with Crippen LogP contribution >= 0.6 is 0 Å². The molecule has 0 radical (unpaired) electrons. The third kappa shape index (κ3) is 3.20. The summed E-state index contributed by atoms with van der Waals surface area (Å²) in [4.78, 5) is 24.5. The van der Waals surface area contributed by atoms with Crippen LogP contribution < -0.4 is 5.32 Å². The van der Waals surface area contributed by atoms with Crippen LogP contribution in [0.2, 0.25) is 0 Å². The van der Waals surface area contributed by atoms with Crippen LogP contribution in [0.25, 0.3) is 0 Å². The SMILES string of the molecule is CCC(C)(O)CNC(=O)C1CC(=O)N(C)C1. The van der Waals surface area contributed by atoms with Crippen molar-refractivity contribution in [1.29, 1.82) is 0 Å². The minimum atomic E-state index is -0.871. The molecule has 2 unspecified atom stereocenters. The molecule has 1 fully saturated rings. The topological polar surface area (TPSA) is 69.6 Å². The molecule has 1 aliphatic rings. The van der Waals surface area contributed by atoms with Crippen molar-refractivity contribution in [2.75, 3.05) is 20.1 Å². The van der Waals surface area contributed by atoms with Gasteiger partial charge in [-0.1, -0.05) is 6.92 Å². The van der Waals surface area contributed by atoms with Crippen LogP contribution in [-0.4, -0.2) is 47.6 Å². The summed E-state index contributed by atoms with van der Waals surface area (Å²) in [5.41, 5.74) is -0.871. The van der Waals surface area contributed by atoms with Crippen molar-refractivity contribution in [3.05, 3.63) is 0 Å². The average Bonchev–Trinajstić information content (AvgIpc) is 2.56. The molecule has 92 valence electrons. The molecule has 2 amide bonds. The standard InChI is InChI=1S/C11H20N2O3/c1-4-11(2,16)7-12-10(15)8-5-9(14)13(3)6-8/h8,16H,4-7H2,1-3H3,(H,12,15). The summed E-state index contributed by atoms with van der Waals surface area (Å²) >= 11 is 0. The van der Waals surface area contributed by atoms with E-state index in [1.807, 2.05) is 6.92 Å². The number of hydrogen-bond donors (Lipinski definition) is 2. The van der Waals surface area contributed by atoms with Crippen LogP contribution in [0.3, 0.4) is 0 Å². The molecule has 0 saturated carbocycles. The molecule has 0 bridgehead atoms. The molecule has 2 N–H and O–H groups in total. The highest BCUT2D eigenvalue weighted by Crippen LogP contribution is 2.16. The molecule has 0 aliphatic carbocycles. The largest absolute Gasteiger partial charge is 0.388 e. The summed E-state index contributed by atoms with van der Waals surface area (Å²) < 4.78 is 0. The first-order valence-electron chi connectivity index (χ1n) is 5.60. The maximum atomic E-state index is 11.7. The number of likely N-dealkylation sites (tertiary alicyclic amines) is 1. The molecular weight excluding hydrogens is 208 g/mol. The lowest BCUT2D eigenvalue weighted by Crippen LogP contribution is -2.42. The summed E-state index contributed by atoms with van der Waals surface area (Å²) in [5, 5.41) is 12.4. The highest BCUT2D eigenvalue weighted by Gasteiger charge is 2.32. The highest BCUT2D eigenvalue weighted by atomic mass is 16.3. The monoisotopic (exact) mass is 228 g/mol. The Labute approximate surface area is 95.8 Å². The van der Waals surface area contributed by atoms with Gasteiger partial charge in [0.2, 0.25) is 11.8 Å². The minimum absolute atomic E-state index is 0.00222. The van der Waals surface area contributed by atoms with Gasteiger partial charge in [0.1, 0.15) is 0 Å². The van der Waals surface area contributed by atoms with Crippen molar-refractivity contribution < 1.29 is 14.7 Å². The normalized spacial score (nSPS) is 24.4. The molecule has 0 aromatic heterocycles. The zero-order valence-corrected chi connectivity index (χ0v) is 10.1. The molecule has 0 aromatic rings. The van der Waals surface area contributed by atoms with Crippen LogP contribution in [0, 0.1) is 5.92 Å². The Kier molecular flexibility index (Phi) is 3.91. The van der Waals surface area contributed by atoms with E-state index < -0.39 is 5.60 Å². The van der Waals surface area contributed by atoms with Gasteiger partial charge in [-0.15, -0.1) is 0 Å². The Morgan fingerprint density at radius 1 is 1.69 bits per heavy atom. The Bertz CT molecular complexity index is 289. The number of hydrogen-bond acceptors (Lipinski definition) is 3. The van der Waals surface area contributed by atoms with E-state index in [2.05, 4.69) is 5.32 Å². The van der Waals surface area contributed by atoms with Crippen molar-refractivity contribution >= 4 is 11.8 Å². The Morgan fingerprint density at radius 3 is 2.75 bits per heavy atom. The highest BCUT2D eigenvalue weighted by molar-refractivity contribution is 5.89. The average molecular weight is 228 g/mol. The van der Waals surface area contributed by atoms with Gasteiger partial charge in [-0.25, -0.2) is 0 Å². The Morgan fingerprint density at radius 2 is 2.31 bits per heavy atom. The van der Waals surface area contributed by atoms with Crippen LogP contribution in [0.4, 0.5) is 0 Å². The van der Waals surface area contributed by atoms with Crippen molar-refractivity contribution in [2.24, 2.45) is 5.92 Å². The molecule has 1 aliphatic heterocycles. The maximum Gasteiger partial charge on any atom is 0.225 e. The van der Waals surface area contributed by atoms with Gasteiger partial charge in [0.05, 0.1) is 11.5 Å². The summed E-state index contributed by atoms with van der Waals surface area (Å²) in [7, 11) is 1.69. The van der Waals surface area contributed by atoms with Crippen molar-refractivity contribution in [1.82, 2.24) is 10.2 Å². The summed E-state index contributed by atoms with van der Waals surface area (Å²) in [5.74, 6) is -0.418. The Balaban J connectivity index is 2.40. The lowest BCUT2D eigenvalue weighted by atomic mass is 10.0. The third-order valence-electron chi connectivity index (χ3n) is 3.12. The summed E-state index contributed by atoms with van der Waals surface area (Å²) in [6, 6.07) is 0. The lowest BCUT2D eigenvalue weighted by molar-refractivity contribution is -0.128. The maximum absolute atomic E-state index is 11.7. The van der Waals surface area contributed by atoms with Crippen LogP contribution in [0.1, 0.15) is 26.7 Å². The smallest absolute Gasteiger partial charge is 0.225 e. The number of nitrogens with one attached hydrogen (secondary N) is 1. The zero-order valence-electron chi connectivity index (χ0n) is 10.1. The lowest BCUT2D eigenvalue weighted by Gasteiger charge is -2.22. The molecule has 1 saturated heterocycles. The van der Waals surface area contributed by atoms with E-state index in [9.17, 15) is 14.7 Å². The predicted molar refractivity (Wildman–Crippen MR) is 59.7 cm³/mol. The first kappa shape index (κ1) is 13.0. The fraction of sp³-hybridized carbons (Fsp3) is 0.818.